The summed E-state index contributed by atoms with van der Waals surface area (Å²) in [6, 6.07) is 0. The van der Waals surface area contributed by atoms with E-state index in [0.717, 1.165) is 11.3 Å². The number of aromatic carboxylic acids is 1. The molecule has 21 heavy (non-hydrogen) atoms. The minimum absolute atomic E-state index is 0.0616. The van der Waals surface area contributed by atoms with E-state index in [0.29, 0.717) is 6.54 Å². The Morgan fingerprint density at radius 1 is 1.38 bits per heavy atom. The second-order valence-electron chi connectivity index (χ2n) is 4.91. The predicted molar refractivity (Wildman–Crippen MR) is 73.9 cm³/mol. The van der Waals surface area contributed by atoms with Gasteiger partial charge in [0, 0.05) is 39.4 Å². The van der Waals surface area contributed by atoms with Crippen molar-refractivity contribution in [2.24, 2.45) is 14.1 Å². The minimum atomic E-state index is -1.17. The summed E-state index contributed by atoms with van der Waals surface area (Å²) in [4.78, 5) is 25.0. The highest BCUT2D eigenvalue weighted by atomic mass is 16.4. The van der Waals surface area contributed by atoms with Crippen molar-refractivity contribution in [3.63, 3.8) is 0 Å². The van der Waals surface area contributed by atoms with Crippen molar-refractivity contribution < 1.29 is 14.7 Å². The average Bonchev–Trinajstić information content (AvgIpc) is 2.92. The fourth-order valence-electron chi connectivity index (χ4n) is 2.16. The topological polar surface area (TPSA) is 93.2 Å². The first kappa shape index (κ1) is 14.8. The summed E-state index contributed by atoms with van der Waals surface area (Å²) in [5.41, 5.74) is 1.71. The second kappa shape index (κ2) is 5.39. The van der Waals surface area contributed by atoms with Gasteiger partial charge in [0.15, 0.2) is 0 Å². The molecule has 2 aromatic heterocycles. The molecule has 0 aliphatic carbocycles. The summed E-state index contributed by atoms with van der Waals surface area (Å²) in [5.74, 6) is -1.56. The Labute approximate surface area is 121 Å². The van der Waals surface area contributed by atoms with E-state index >= 15 is 0 Å². The monoisotopic (exact) mass is 291 g/mol. The Bertz CT molecular complexity index is 701. The summed E-state index contributed by atoms with van der Waals surface area (Å²) >= 11 is 0. The van der Waals surface area contributed by atoms with Gasteiger partial charge in [0.05, 0.1) is 11.9 Å². The highest BCUT2D eigenvalue weighted by Crippen LogP contribution is 2.14. The molecule has 2 aromatic rings. The van der Waals surface area contributed by atoms with Crippen LogP contribution in [-0.2, 0) is 20.6 Å². The highest BCUT2D eigenvalue weighted by molar-refractivity contribution is 6.03. The number of carbonyl (C=O) groups is 2. The third-order valence-corrected chi connectivity index (χ3v) is 3.24. The molecule has 2 heterocycles. The SMILES string of the molecule is Cc1nn(C)cc1CN(C)C(=O)c1c(C(=O)O)cnn1C. The molecule has 0 saturated heterocycles. The number of carbonyl (C=O) groups excluding carboxylic acids is 1. The van der Waals surface area contributed by atoms with E-state index in [9.17, 15) is 9.59 Å². The molecule has 0 fully saturated rings. The van der Waals surface area contributed by atoms with Gasteiger partial charge in [-0.3, -0.25) is 14.2 Å². The summed E-state index contributed by atoms with van der Waals surface area (Å²) < 4.78 is 2.95. The fourth-order valence-corrected chi connectivity index (χ4v) is 2.16. The van der Waals surface area contributed by atoms with Gasteiger partial charge in [-0.1, -0.05) is 0 Å². The number of carboxylic acids is 1. The first-order valence-corrected chi connectivity index (χ1v) is 6.31. The Morgan fingerprint density at radius 3 is 2.57 bits per heavy atom. The molecule has 0 aliphatic heterocycles. The largest absolute Gasteiger partial charge is 0.478 e. The van der Waals surface area contributed by atoms with Crippen molar-refractivity contribution in [3.05, 3.63) is 34.9 Å². The first-order chi connectivity index (χ1) is 9.81. The van der Waals surface area contributed by atoms with Crippen LogP contribution in [0.3, 0.4) is 0 Å². The van der Waals surface area contributed by atoms with Gasteiger partial charge in [-0.2, -0.15) is 10.2 Å². The highest BCUT2D eigenvalue weighted by Gasteiger charge is 2.24. The van der Waals surface area contributed by atoms with Crippen LogP contribution in [0.5, 0.6) is 0 Å². The lowest BCUT2D eigenvalue weighted by Gasteiger charge is -2.17. The molecule has 8 heteroatoms. The van der Waals surface area contributed by atoms with Gasteiger partial charge in [-0.05, 0) is 6.92 Å². The van der Waals surface area contributed by atoms with E-state index in [2.05, 4.69) is 10.2 Å². The third-order valence-electron chi connectivity index (χ3n) is 3.24. The second-order valence-corrected chi connectivity index (χ2v) is 4.91. The van der Waals surface area contributed by atoms with Crippen molar-refractivity contribution in [1.29, 1.82) is 0 Å². The summed E-state index contributed by atoms with van der Waals surface area (Å²) in [6.45, 7) is 2.21. The van der Waals surface area contributed by atoms with Gasteiger partial charge in [-0.15, -0.1) is 0 Å². The molecule has 0 atom stereocenters. The third kappa shape index (κ3) is 2.78. The molecule has 0 unspecified atom stereocenters. The fraction of sp³-hybridized carbons (Fsp3) is 0.385. The Morgan fingerprint density at radius 2 is 2.05 bits per heavy atom. The zero-order valence-corrected chi connectivity index (χ0v) is 12.4. The Balaban J connectivity index is 2.26. The van der Waals surface area contributed by atoms with E-state index in [4.69, 9.17) is 5.11 Å². The zero-order chi connectivity index (χ0) is 15.7. The lowest BCUT2D eigenvalue weighted by Crippen LogP contribution is -2.29. The van der Waals surface area contributed by atoms with Crippen molar-refractivity contribution >= 4 is 11.9 Å². The van der Waals surface area contributed by atoms with Gasteiger partial charge < -0.3 is 10.0 Å². The average molecular weight is 291 g/mol. The van der Waals surface area contributed by atoms with E-state index in [-0.39, 0.29) is 11.3 Å². The van der Waals surface area contributed by atoms with E-state index in [1.807, 2.05) is 20.2 Å². The normalized spacial score (nSPS) is 10.7. The summed E-state index contributed by atoms with van der Waals surface area (Å²) in [5, 5.41) is 17.2. The van der Waals surface area contributed by atoms with Crippen LogP contribution in [0.2, 0.25) is 0 Å². The van der Waals surface area contributed by atoms with Gasteiger partial charge in [0.25, 0.3) is 5.91 Å². The number of rotatable bonds is 4. The van der Waals surface area contributed by atoms with Crippen molar-refractivity contribution in [2.45, 2.75) is 13.5 Å². The van der Waals surface area contributed by atoms with Gasteiger partial charge >= 0.3 is 5.97 Å². The van der Waals surface area contributed by atoms with Gasteiger partial charge in [-0.25, -0.2) is 4.79 Å². The quantitative estimate of drug-likeness (QED) is 0.882. The predicted octanol–water partition coefficient (Wildman–Crippen LogP) is 0.432. The number of nitrogens with zero attached hydrogens (tertiary/aromatic N) is 5. The van der Waals surface area contributed by atoms with Crippen molar-refractivity contribution in [2.75, 3.05) is 7.05 Å². The van der Waals surface area contributed by atoms with Crippen LogP contribution in [0.4, 0.5) is 0 Å². The minimum Gasteiger partial charge on any atom is -0.478 e. The van der Waals surface area contributed by atoms with E-state index < -0.39 is 11.9 Å². The molecule has 0 saturated carbocycles. The molecule has 0 radical (unpaired) electrons. The molecule has 0 bridgehead atoms. The molecule has 2 rings (SSSR count). The zero-order valence-electron chi connectivity index (χ0n) is 12.4. The number of aryl methyl sites for hydroxylation is 3. The number of amides is 1. The van der Waals surface area contributed by atoms with Crippen LogP contribution in [0.1, 0.15) is 32.1 Å². The molecular formula is C13H17N5O3. The first-order valence-electron chi connectivity index (χ1n) is 6.31. The van der Waals surface area contributed by atoms with Crippen LogP contribution >= 0.6 is 0 Å². The number of aromatic nitrogens is 4. The number of hydrogen-bond donors (Lipinski definition) is 1. The standard InChI is InChI=1S/C13H17N5O3/c1-8-9(7-17(3)15-8)6-16(2)12(19)11-10(13(20)21)5-14-18(11)4/h5,7H,6H2,1-4H3,(H,20,21). The van der Waals surface area contributed by atoms with Crippen LogP contribution in [0.25, 0.3) is 0 Å². The number of carboxylic acid groups (broad SMARTS) is 1. The maximum atomic E-state index is 12.4. The molecule has 112 valence electrons. The van der Waals surface area contributed by atoms with Crippen LogP contribution < -0.4 is 0 Å². The van der Waals surface area contributed by atoms with Crippen LogP contribution in [-0.4, -0.2) is 48.5 Å². The van der Waals surface area contributed by atoms with E-state index in [1.165, 1.54) is 15.8 Å². The van der Waals surface area contributed by atoms with Crippen molar-refractivity contribution in [3.8, 4) is 0 Å². The van der Waals surface area contributed by atoms with Crippen LogP contribution in [0, 0.1) is 6.92 Å². The molecule has 0 aliphatic rings. The molecule has 0 aromatic carbocycles. The Kier molecular flexibility index (Phi) is 3.79. The molecular weight excluding hydrogens is 274 g/mol. The Hall–Kier alpha value is -2.64. The van der Waals surface area contributed by atoms with Gasteiger partial charge in [0.2, 0.25) is 0 Å². The molecule has 1 N–H and O–H groups in total. The summed E-state index contributed by atoms with van der Waals surface area (Å²) in [6.07, 6.45) is 3.01. The maximum Gasteiger partial charge on any atom is 0.339 e. The van der Waals surface area contributed by atoms with E-state index in [1.54, 1.807) is 18.8 Å². The molecule has 1 amide bonds. The van der Waals surface area contributed by atoms with Crippen molar-refractivity contribution in [1.82, 2.24) is 24.5 Å². The smallest absolute Gasteiger partial charge is 0.339 e. The summed E-state index contributed by atoms with van der Waals surface area (Å²) in [7, 11) is 4.97. The maximum absolute atomic E-state index is 12.4. The van der Waals surface area contributed by atoms with Crippen LogP contribution in [0.15, 0.2) is 12.4 Å². The van der Waals surface area contributed by atoms with Gasteiger partial charge in [0.1, 0.15) is 11.3 Å². The lowest BCUT2D eigenvalue weighted by molar-refractivity contribution is 0.0678. The lowest BCUT2D eigenvalue weighted by atomic mass is 10.2. The number of hydrogen-bond acceptors (Lipinski definition) is 4. The molecule has 0 spiro atoms. The molecule has 8 nitrogen and oxygen atoms in total.